The molecule has 2 aromatic rings. The Balaban J connectivity index is 1.83. The zero-order chi connectivity index (χ0) is 12.1. The lowest BCUT2D eigenvalue weighted by molar-refractivity contribution is 0.258. The second-order valence-electron chi connectivity index (χ2n) is 3.88. The van der Waals surface area contributed by atoms with E-state index < -0.39 is 0 Å². The predicted octanol–water partition coefficient (Wildman–Crippen LogP) is 2.38. The summed E-state index contributed by atoms with van der Waals surface area (Å²) in [5.74, 6) is 1.00. The number of anilines is 1. The fourth-order valence-corrected chi connectivity index (χ4v) is 2.28. The van der Waals surface area contributed by atoms with E-state index in [2.05, 4.69) is 16.8 Å². The Morgan fingerprint density at radius 3 is 3.00 bits per heavy atom. The molecule has 0 fully saturated rings. The second-order valence-corrected chi connectivity index (χ2v) is 4.76. The summed E-state index contributed by atoms with van der Waals surface area (Å²) in [5.41, 5.74) is 6.68. The molecule has 17 heavy (non-hydrogen) atoms. The highest BCUT2D eigenvalue weighted by molar-refractivity contribution is 7.13. The first-order chi connectivity index (χ1) is 8.28. The fourth-order valence-electron chi connectivity index (χ4n) is 1.68. The van der Waals surface area contributed by atoms with Crippen LogP contribution in [0.1, 0.15) is 18.4 Å². The SMILES string of the molecule is CCN(CCc1csc(N)n1)Cc1ccco1. The predicted molar refractivity (Wildman–Crippen MR) is 69.9 cm³/mol. The number of hydrogen-bond acceptors (Lipinski definition) is 5. The molecule has 0 amide bonds. The average Bonchev–Trinajstić information content (AvgIpc) is 2.96. The molecule has 0 spiro atoms. The van der Waals surface area contributed by atoms with Crippen molar-refractivity contribution >= 4 is 16.5 Å². The standard InChI is InChI=1S/C12H17N3OS/c1-2-15(8-11-4-3-7-16-11)6-5-10-9-17-12(13)14-10/h3-4,7,9H,2,5-6,8H2,1H3,(H2,13,14). The van der Waals surface area contributed by atoms with Gasteiger partial charge in [0, 0.05) is 18.3 Å². The number of thiazole rings is 1. The van der Waals surface area contributed by atoms with Gasteiger partial charge < -0.3 is 10.2 Å². The summed E-state index contributed by atoms with van der Waals surface area (Å²) in [6.45, 7) is 4.97. The summed E-state index contributed by atoms with van der Waals surface area (Å²) in [6, 6.07) is 3.92. The molecule has 92 valence electrons. The summed E-state index contributed by atoms with van der Waals surface area (Å²) in [4.78, 5) is 6.59. The number of nitrogens with two attached hydrogens (primary N) is 1. The Morgan fingerprint density at radius 1 is 1.53 bits per heavy atom. The third-order valence-corrected chi connectivity index (χ3v) is 3.38. The number of nitrogens with zero attached hydrogens (tertiary/aromatic N) is 2. The van der Waals surface area contributed by atoms with Crippen LogP contribution in [0, 0.1) is 0 Å². The van der Waals surface area contributed by atoms with Gasteiger partial charge in [-0.05, 0) is 18.7 Å². The van der Waals surface area contributed by atoms with E-state index in [0.29, 0.717) is 5.13 Å². The van der Waals surface area contributed by atoms with Crippen LogP contribution in [0.2, 0.25) is 0 Å². The van der Waals surface area contributed by atoms with Crippen LogP contribution in [0.15, 0.2) is 28.2 Å². The first kappa shape index (κ1) is 12.1. The monoisotopic (exact) mass is 251 g/mol. The van der Waals surface area contributed by atoms with Gasteiger partial charge in [0.2, 0.25) is 0 Å². The van der Waals surface area contributed by atoms with Gasteiger partial charge in [-0.3, -0.25) is 4.90 Å². The normalized spacial score (nSPS) is 11.2. The summed E-state index contributed by atoms with van der Waals surface area (Å²) in [7, 11) is 0. The lowest BCUT2D eigenvalue weighted by atomic mass is 10.3. The van der Waals surface area contributed by atoms with Crippen LogP contribution in [0.3, 0.4) is 0 Å². The van der Waals surface area contributed by atoms with Crippen molar-refractivity contribution < 1.29 is 4.42 Å². The zero-order valence-electron chi connectivity index (χ0n) is 9.93. The molecular weight excluding hydrogens is 234 g/mol. The van der Waals surface area contributed by atoms with Crippen molar-refractivity contribution in [1.82, 2.24) is 9.88 Å². The molecule has 2 rings (SSSR count). The molecule has 0 aliphatic heterocycles. The van der Waals surface area contributed by atoms with Gasteiger partial charge >= 0.3 is 0 Å². The Kier molecular flexibility index (Phi) is 4.17. The molecular formula is C12H17N3OS. The number of hydrogen-bond donors (Lipinski definition) is 1. The molecule has 2 N–H and O–H groups in total. The van der Waals surface area contributed by atoms with E-state index in [1.807, 2.05) is 17.5 Å². The number of nitrogen functional groups attached to an aromatic ring is 1. The van der Waals surface area contributed by atoms with Gasteiger partial charge in [-0.2, -0.15) is 0 Å². The molecule has 0 radical (unpaired) electrons. The topological polar surface area (TPSA) is 55.3 Å². The Bertz CT molecular complexity index is 438. The van der Waals surface area contributed by atoms with Gasteiger partial charge in [-0.15, -0.1) is 11.3 Å². The van der Waals surface area contributed by atoms with Crippen LogP contribution in [-0.4, -0.2) is 23.0 Å². The lowest BCUT2D eigenvalue weighted by Gasteiger charge is -2.18. The summed E-state index contributed by atoms with van der Waals surface area (Å²) in [6.07, 6.45) is 2.65. The van der Waals surface area contributed by atoms with E-state index in [0.717, 1.165) is 37.5 Å². The first-order valence-electron chi connectivity index (χ1n) is 5.72. The minimum atomic E-state index is 0.647. The van der Waals surface area contributed by atoms with Crippen LogP contribution in [-0.2, 0) is 13.0 Å². The Hall–Kier alpha value is -1.33. The largest absolute Gasteiger partial charge is 0.468 e. The summed E-state index contributed by atoms with van der Waals surface area (Å²) in [5, 5.41) is 2.67. The number of aromatic nitrogens is 1. The van der Waals surface area contributed by atoms with Gasteiger partial charge in [0.15, 0.2) is 5.13 Å². The van der Waals surface area contributed by atoms with Crippen molar-refractivity contribution in [3.63, 3.8) is 0 Å². The molecule has 0 aliphatic carbocycles. The van der Waals surface area contributed by atoms with Gasteiger partial charge in [0.25, 0.3) is 0 Å². The molecule has 0 atom stereocenters. The smallest absolute Gasteiger partial charge is 0.180 e. The molecule has 0 saturated heterocycles. The second kappa shape index (κ2) is 5.84. The van der Waals surface area contributed by atoms with Crippen LogP contribution in [0.4, 0.5) is 5.13 Å². The fraction of sp³-hybridized carbons (Fsp3) is 0.417. The molecule has 4 nitrogen and oxygen atoms in total. The van der Waals surface area contributed by atoms with Gasteiger partial charge in [0.05, 0.1) is 18.5 Å². The van der Waals surface area contributed by atoms with Crippen LogP contribution >= 0.6 is 11.3 Å². The van der Waals surface area contributed by atoms with Crippen molar-refractivity contribution in [2.45, 2.75) is 19.9 Å². The van der Waals surface area contributed by atoms with Crippen molar-refractivity contribution in [3.05, 3.63) is 35.2 Å². The highest BCUT2D eigenvalue weighted by atomic mass is 32.1. The van der Waals surface area contributed by atoms with Crippen molar-refractivity contribution in [2.24, 2.45) is 0 Å². The van der Waals surface area contributed by atoms with E-state index in [1.54, 1.807) is 6.26 Å². The molecule has 2 heterocycles. The first-order valence-corrected chi connectivity index (χ1v) is 6.60. The quantitative estimate of drug-likeness (QED) is 0.856. The molecule has 2 aromatic heterocycles. The molecule has 5 heteroatoms. The molecule has 0 saturated carbocycles. The number of likely N-dealkylation sites (N-methyl/N-ethyl adjacent to an activating group) is 1. The van der Waals surface area contributed by atoms with Crippen molar-refractivity contribution in [3.8, 4) is 0 Å². The van der Waals surface area contributed by atoms with Crippen LogP contribution in [0.5, 0.6) is 0 Å². The zero-order valence-corrected chi connectivity index (χ0v) is 10.7. The van der Waals surface area contributed by atoms with E-state index in [4.69, 9.17) is 10.2 Å². The van der Waals surface area contributed by atoms with E-state index in [9.17, 15) is 0 Å². The minimum absolute atomic E-state index is 0.647. The molecule has 0 bridgehead atoms. The minimum Gasteiger partial charge on any atom is -0.468 e. The van der Waals surface area contributed by atoms with Crippen molar-refractivity contribution in [2.75, 3.05) is 18.8 Å². The van der Waals surface area contributed by atoms with Crippen LogP contribution < -0.4 is 5.73 Å². The molecule has 0 unspecified atom stereocenters. The van der Waals surface area contributed by atoms with Gasteiger partial charge in [-0.1, -0.05) is 6.92 Å². The van der Waals surface area contributed by atoms with Crippen LogP contribution in [0.25, 0.3) is 0 Å². The van der Waals surface area contributed by atoms with E-state index in [1.165, 1.54) is 11.3 Å². The maximum atomic E-state index is 5.61. The Labute approximate surface area is 105 Å². The highest BCUT2D eigenvalue weighted by Gasteiger charge is 2.07. The molecule has 0 aliphatic rings. The summed E-state index contributed by atoms with van der Waals surface area (Å²) >= 11 is 1.50. The highest BCUT2D eigenvalue weighted by Crippen LogP contribution is 2.12. The lowest BCUT2D eigenvalue weighted by Crippen LogP contribution is -2.25. The third kappa shape index (κ3) is 3.57. The maximum absolute atomic E-state index is 5.61. The van der Waals surface area contributed by atoms with Crippen molar-refractivity contribution in [1.29, 1.82) is 0 Å². The maximum Gasteiger partial charge on any atom is 0.180 e. The molecule has 0 aromatic carbocycles. The average molecular weight is 251 g/mol. The Morgan fingerprint density at radius 2 is 2.41 bits per heavy atom. The number of furan rings is 1. The number of rotatable bonds is 6. The van der Waals surface area contributed by atoms with Gasteiger partial charge in [-0.25, -0.2) is 4.98 Å². The van der Waals surface area contributed by atoms with E-state index >= 15 is 0 Å². The third-order valence-electron chi connectivity index (χ3n) is 2.66. The van der Waals surface area contributed by atoms with Gasteiger partial charge in [0.1, 0.15) is 5.76 Å². The van der Waals surface area contributed by atoms with E-state index in [-0.39, 0.29) is 0 Å². The summed E-state index contributed by atoms with van der Waals surface area (Å²) < 4.78 is 5.35.